The lowest BCUT2D eigenvalue weighted by molar-refractivity contribution is 0.520. The van der Waals surface area contributed by atoms with E-state index in [0.717, 1.165) is 71.9 Å². The number of allylic oxidation sites excluding steroid dienone is 2. The van der Waals surface area contributed by atoms with Crippen LogP contribution in [0.4, 0.5) is 0 Å². The number of hydrogen-bond donors (Lipinski definition) is 12. The fraction of sp³-hybridized carbons (Fsp3) is 0.686. The molecule has 23 heteroatoms. The number of nitrogens with one attached hydrogen (secondary N) is 12. The van der Waals surface area contributed by atoms with Crippen molar-refractivity contribution < 1.29 is 0 Å². The Hall–Kier alpha value is -8.61. The Morgan fingerprint density at radius 1 is 0.234 bits per heavy atom. The maximum absolute atomic E-state index is 3.85. The van der Waals surface area contributed by atoms with E-state index in [1.54, 1.807) is 105 Å². The summed E-state index contributed by atoms with van der Waals surface area (Å²) in [5.74, 6) is 0. The van der Waals surface area contributed by atoms with Crippen molar-refractivity contribution in [3.8, 4) is 0 Å². The molecule has 0 atom stereocenters. The van der Waals surface area contributed by atoms with E-state index in [1.807, 2.05) is 501 Å². The van der Waals surface area contributed by atoms with E-state index in [2.05, 4.69) is 149 Å². The standard InChI is InChI=1S/C5H11N.C5H7N.C5H5N.3C4H4N2.C4H9N.2C4H7N.C4H5N.C3H8N2.C3H6N2.C3H4N2.C3H6N2.C3H4N2.30C2H6/c3*1-2-4-6-5-3-1;1-2-6-4-3-5-1;1-2-5-4-6-3-1;1-2-4-6-5-3-1;4*1-2-4-5-3-1;3*1-2-5-3-4-1;2*1-2-4-5-3-1;30*1-2/h6H,1-5H2;2-6H,1H2;1-5H;3*1-4H;5H,1-4H2;1,3,5H,2,4H2;1-2,5H,3-4H2;1-5H;4-5H,1-3H2;3H,1-2H2,(H,4,5);1-3H,(H,4,5);2,5H,1,3H2;1-3H,(H,4,5);30*1-2H3. The lowest BCUT2D eigenvalue weighted by atomic mass is 10.2. The topological polar surface area (TPSA) is 296 Å². The molecule has 0 saturated carbocycles. The van der Waals surface area contributed by atoms with Crippen molar-refractivity contribution in [3.05, 3.63) is 215 Å². The van der Waals surface area contributed by atoms with Crippen LogP contribution in [-0.4, -0.2) is 158 Å². The van der Waals surface area contributed by atoms with Gasteiger partial charge in [-0.25, -0.2) is 15.0 Å². The first kappa shape index (κ1) is 218. The highest BCUT2D eigenvalue weighted by Crippen LogP contribution is 1.96. The molecular weight excluding hydrogens is 1740 g/mol. The average Bonchev–Trinajstić information content (AvgIpc) is 2.06. The fourth-order valence-electron chi connectivity index (χ4n) is 5.53. The van der Waals surface area contributed by atoms with Crippen LogP contribution in [0, 0.1) is 0 Å². The van der Waals surface area contributed by atoms with Gasteiger partial charge in [0, 0.05) is 164 Å². The summed E-state index contributed by atoms with van der Waals surface area (Å²) in [6.07, 6.45) is 60.8. The largest absolute Gasteiger partial charge is 0.391 e. The molecule has 15 rings (SSSR count). The maximum atomic E-state index is 3.85. The number of hydrogen-bond acceptors (Lipinski definition) is 20. The summed E-state index contributed by atoms with van der Waals surface area (Å²) in [6, 6.07) is 16.9. The second kappa shape index (κ2) is 426. The van der Waals surface area contributed by atoms with E-state index < -0.39 is 0 Å². The Labute approximate surface area is 893 Å². The molecule has 0 bridgehead atoms. The van der Waals surface area contributed by atoms with Gasteiger partial charge in [0.15, 0.2) is 0 Å². The second-order valence-electron chi connectivity index (χ2n) is 16.1. The number of imidazole rings is 1. The molecule has 141 heavy (non-hydrogen) atoms. The molecule has 3 fully saturated rings. The molecule has 23 nitrogen and oxygen atoms in total. The van der Waals surface area contributed by atoms with Gasteiger partial charge in [0.2, 0.25) is 0 Å². The van der Waals surface area contributed by atoms with E-state index in [4.69, 9.17) is 0 Å². The van der Waals surface area contributed by atoms with Crippen LogP contribution in [0.25, 0.3) is 0 Å². The highest BCUT2D eigenvalue weighted by Gasteiger charge is 1.94. The molecular formula is C118H271N23. The predicted molar refractivity (Wildman–Crippen MR) is 671 cm³/mol. The van der Waals surface area contributed by atoms with Gasteiger partial charge in [-0.1, -0.05) is 458 Å². The third-order valence-electron chi connectivity index (χ3n) is 9.42. The number of H-pyrrole nitrogens is 3. The minimum absolute atomic E-state index is 0.958. The SMILES string of the molecule is C1=CCNC1.C1=CNC=CC1.C1=CNCC1.C1=NCCN1.C1=NNCC1.C1CCNC1.C1CCNCC1.C1CNCN1.CC.CC.CC.CC.CC.CC.CC.CC.CC.CC.CC.CC.CC.CC.CC.CC.CC.CC.CC.CC.CC.CC.CC.CC.CC.CC.CC.CC.CC.CC.c1c[nH]cn1.c1cc[nH]c1.c1ccncc1.c1ccnnc1.c1cn[nH]c1.c1cnccn1.c1cncnc1. The summed E-state index contributed by atoms with van der Waals surface area (Å²) in [5, 5.41) is 41.7. The van der Waals surface area contributed by atoms with Gasteiger partial charge in [0.25, 0.3) is 0 Å². The van der Waals surface area contributed by atoms with Crippen molar-refractivity contribution in [1.82, 2.24) is 108 Å². The summed E-state index contributed by atoms with van der Waals surface area (Å²) in [4.78, 5) is 31.7. The molecule has 0 amide bonds. The molecule has 0 aromatic carbocycles. The summed E-state index contributed by atoms with van der Waals surface area (Å²) in [5.41, 5.74) is 2.79. The van der Waals surface area contributed by atoms with Crippen molar-refractivity contribution in [1.29, 1.82) is 0 Å². The van der Waals surface area contributed by atoms with Crippen molar-refractivity contribution >= 4 is 12.6 Å². The van der Waals surface area contributed by atoms with Gasteiger partial charge < -0.3 is 57.9 Å². The number of nitrogens with zero attached hydrogens (tertiary/aromatic N) is 11. The van der Waals surface area contributed by atoms with Crippen LogP contribution in [0.5, 0.6) is 0 Å². The zero-order valence-corrected chi connectivity index (χ0v) is 107. The van der Waals surface area contributed by atoms with Gasteiger partial charge in [0.05, 0.1) is 19.2 Å². The van der Waals surface area contributed by atoms with E-state index in [9.17, 15) is 0 Å². The molecule has 8 aliphatic heterocycles. The summed E-state index contributed by atoms with van der Waals surface area (Å²) < 4.78 is 0. The number of aliphatic imine (C=N–C) groups is 1. The van der Waals surface area contributed by atoms with E-state index in [-0.39, 0.29) is 0 Å². The van der Waals surface area contributed by atoms with Crippen molar-refractivity contribution in [3.63, 3.8) is 0 Å². The van der Waals surface area contributed by atoms with Crippen LogP contribution in [0.3, 0.4) is 0 Å². The van der Waals surface area contributed by atoms with Gasteiger partial charge in [-0.3, -0.25) is 25.0 Å². The summed E-state index contributed by atoms with van der Waals surface area (Å²) >= 11 is 0. The Bertz CT molecular complexity index is 1770. The number of aromatic amines is 3. The van der Waals surface area contributed by atoms with Crippen LogP contribution in [0.2, 0.25) is 0 Å². The lowest BCUT2D eigenvalue weighted by Gasteiger charge is -2.08. The van der Waals surface area contributed by atoms with Crippen LogP contribution in [-0.2, 0) is 0 Å². The predicted octanol–water partition coefficient (Wildman–Crippen LogP) is 36.6. The Kier molecular flexibility index (Phi) is 659. The van der Waals surface area contributed by atoms with E-state index >= 15 is 0 Å². The first-order chi connectivity index (χ1) is 70.5. The molecule has 858 valence electrons. The summed E-state index contributed by atoms with van der Waals surface area (Å²) in [7, 11) is 0. The van der Waals surface area contributed by atoms with Gasteiger partial charge in [-0.15, -0.1) is 0 Å². The number of aromatic nitrogens is 12. The normalized spacial score (nSPS) is 9.73. The van der Waals surface area contributed by atoms with Gasteiger partial charge in [-0.2, -0.15) is 20.4 Å². The first-order valence-electron chi connectivity index (χ1n) is 57.5. The smallest absolute Gasteiger partial charge is 0.115 e. The average molecular weight is 2010 g/mol. The lowest BCUT2D eigenvalue weighted by Crippen LogP contribution is -2.21. The number of pyridine rings is 1. The molecule has 0 aliphatic carbocycles. The van der Waals surface area contributed by atoms with Crippen LogP contribution in [0.1, 0.15) is 467 Å². The Balaban J connectivity index is -0.0000000322. The number of piperidine rings is 1. The molecule has 0 unspecified atom stereocenters. The quantitative estimate of drug-likeness (QED) is 0.0628. The number of dihydropyridines is 1. The molecule has 3 saturated heterocycles. The molecule has 0 spiro atoms. The minimum atomic E-state index is 0.958. The highest BCUT2D eigenvalue weighted by molar-refractivity contribution is 5.58. The molecule has 15 heterocycles. The molecule has 7 aromatic rings. The summed E-state index contributed by atoms with van der Waals surface area (Å²) in [6.45, 7) is 135. The van der Waals surface area contributed by atoms with Crippen LogP contribution < -0.4 is 48.0 Å². The highest BCUT2D eigenvalue weighted by atomic mass is 15.3. The zero-order valence-electron chi connectivity index (χ0n) is 107. The van der Waals surface area contributed by atoms with Crippen LogP contribution in [0.15, 0.2) is 225 Å². The van der Waals surface area contributed by atoms with Crippen molar-refractivity contribution in [2.45, 2.75) is 467 Å². The van der Waals surface area contributed by atoms with Gasteiger partial charge in [-0.05, 0) is 132 Å². The third kappa shape index (κ3) is 420. The zero-order chi connectivity index (χ0) is 117. The second-order valence-corrected chi connectivity index (χ2v) is 16.1. The van der Waals surface area contributed by atoms with Crippen molar-refractivity contribution in [2.24, 2.45) is 10.1 Å². The molecule has 7 aromatic heterocycles. The molecule has 12 N–H and O–H groups in total. The maximum Gasteiger partial charge on any atom is 0.115 e. The minimum Gasteiger partial charge on any atom is -0.391 e. The third-order valence-corrected chi connectivity index (χ3v) is 9.42. The molecule has 8 aliphatic rings. The Morgan fingerprint density at radius 2 is 0.603 bits per heavy atom. The number of rotatable bonds is 0. The van der Waals surface area contributed by atoms with Crippen LogP contribution >= 0.6 is 0 Å². The van der Waals surface area contributed by atoms with Gasteiger partial charge >= 0.3 is 0 Å². The van der Waals surface area contributed by atoms with Gasteiger partial charge in [0.1, 0.15) is 6.33 Å². The fourth-order valence-corrected chi connectivity index (χ4v) is 5.53. The Morgan fingerprint density at radius 3 is 0.709 bits per heavy atom. The van der Waals surface area contributed by atoms with E-state index in [1.165, 1.54) is 71.0 Å². The van der Waals surface area contributed by atoms with E-state index in [0.29, 0.717) is 0 Å². The first-order valence-corrected chi connectivity index (χ1v) is 57.5. The monoisotopic (exact) mass is 2010 g/mol. The van der Waals surface area contributed by atoms with Crippen molar-refractivity contribution in [2.75, 3.05) is 85.2 Å². The molecule has 0 radical (unpaired) electrons. The number of hydrazone groups is 1.